The highest BCUT2D eigenvalue weighted by molar-refractivity contribution is 7.80. The highest BCUT2D eigenvalue weighted by atomic mass is 32.1. The summed E-state index contributed by atoms with van der Waals surface area (Å²) in [6, 6.07) is 11.1. The highest BCUT2D eigenvalue weighted by Crippen LogP contribution is 2.15. The van der Waals surface area contributed by atoms with Crippen molar-refractivity contribution in [1.82, 2.24) is 10.6 Å². The van der Waals surface area contributed by atoms with E-state index in [1.165, 1.54) is 0 Å². The number of hydrogen-bond acceptors (Lipinski definition) is 4. The molecule has 6 heteroatoms. The molecule has 2 N–H and O–H groups in total. The smallest absolute Gasteiger partial charge is 0.264 e. The van der Waals surface area contributed by atoms with Crippen LogP contribution in [0.2, 0.25) is 0 Å². The molecule has 0 aliphatic rings. The molecule has 0 bridgehead atoms. The lowest BCUT2D eigenvalue weighted by Crippen LogP contribution is -2.41. The molecule has 0 aliphatic heterocycles. The predicted molar refractivity (Wildman–Crippen MR) is 83.0 cm³/mol. The van der Waals surface area contributed by atoms with E-state index in [2.05, 4.69) is 10.6 Å². The normalized spacial score (nSPS) is 9.95. The van der Waals surface area contributed by atoms with Crippen LogP contribution in [0.3, 0.4) is 0 Å². The monoisotopic (exact) mass is 304 g/mol. The lowest BCUT2D eigenvalue weighted by Gasteiger charge is -2.10. The zero-order valence-electron chi connectivity index (χ0n) is 11.6. The Morgan fingerprint density at radius 2 is 2.10 bits per heavy atom. The molecule has 2 rings (SSSR count). The molecule has 0 spiro atoms. The number of nitrogens with one attached hydrogen (secondary N) is 2. The van der Waals surface area contributed by atoms with Gasteiger partial charge in [0.15, 0.2) is 11.7 Å². The van der Waals surface area contributed by atoms with Gasteiger partial charge in [0, 0.05) is 0 Å². The molecule has 0 saturated heterocycles. The molecule has 0 aliphatic carbocycles. The number of hydrogen-bond donors (Lipinski definition) is 2. The zero-order chi connectivity index (χ0) is 15.1. The summed E-state index contributed by atoms with van der Waals surface area (Å²) in [6.45, 7) is 2.25. The predicted octanol–water partition coefficient (Wildman–Crippen LogP) is 2.16. The van der Waals surface area contributed by atoms with E-state index in [9.17, 15) is 4.79 Å². The molecule has 2 aromatic rings. The first kappa shape index (κ1) is 15.1. The average molecular weight is 304 g/mol. The van der Waals surface area contributed by atoms with Gasteiger partial charge < -0.3 is 19.8 Å². The maximum Gasteiger partial charge on any atom is 0.264 e. The van der Waals surface area contributed by atoms with Crippen LogP contribution in [0.4, 0.5) is 0 Å². The maximum atomic E-state index is 11.7. The van der Waals surface area contributed by atoms with E-state index < -0.39 is 0 Å². The second-order valence-electron chi connectivity index (χ2n) is 4.36. The van der Waals surface area contributed by atoms with Crippen LogP contribution >= 0.6 is 12.2 Å². The molecule has 1 aromatic carbocycles. The summed E-state index contributed by atoms with van der Waals surface area (Å²) in [6.07, 6.45) is 1.58. The molecule has 1 heterocycles. The third-order valence-corrected chi connectivity index (χ3v) is 2.95. The van der Waals surface area contributed by atoms with Crippen LogP contribution in [0.25, 0.3) is 0 Å². The third-order valence-electron chi connectivity index (χ3n) is 2.71. The number of thiocarbonyl (C=S) groups is 1. The molecule has 0 unspecified atom stereocenters. The molecule has 110 valence electrons. The SMILES string of the molecule is Cc1ccccc1OCC(=O)NC(=S)NCc1ccco1. The van der Waals surface area contributed by atoms with Gasteiger partial charge in [0.1, 0.15) is 11.5 Å². The van der Waals surface area contributed by atoms with Crippen molar-refractivity contribution in [2.45, 2.75) is 13.5 Å². The van der Waals surface area contributed by atoms with Crippen LogP contribution in [0.15, 0.2) is 47.1 Å². The lowest BCUT2D eigenvalue weighted by molar-refractivity contribution is -0.121. The van der Waals surface area contributed by atoms with Crippen molar-refractivity contribution in [2.24, 2.45) is 0 Å². The van der Waals surface area contributed by atoms with Crippen LogP contribution in [0, 0.1) is 6.92 Å². The molecule has 0 radical (unpaired) electrons. The van der Waals surface area contributed by atoms with Crippen LogP contribution in [0.5, 0.6) is 5.75 Å². The highest BCUT2D eigenvalue weighted by Gasteiger charge is 2.07. The van der Waals surface area contributed by atoms with Gasteiger partial charge in [0.2, 0.25) is 0 Å². The number of carbonyl (C=O) groups is 1. The van der Waals surface area contributed by atoms with Gasteiger partial charge >= 0.3 is 0 Å². The molecule has 1 aromatic heterocycles. The first-order chi connectivity index (χ1) is 10.1. The van der Waals surface area contributed by atoms with Crippen LogP contribution in [0.1, 0.15) is 11.3 Å². The van der Waals surface area contributed by atoms with Crippen molar-refractivity contribution < 1.29 is 13.9 Å². The van der Waals surface area contributed by atoms with Gasteiger partial charge in [0.05, 0.1) is 12.8 Å². The average Bonchev–Trinajstić information content (AvgIpc) is 2.97. The number of rotatable bonds is 5. The van der Waals surface area contributed by atoms with Crippen LogP contribution in [-0.4, -0.2) is 17.6 Å². The van der Waals surface area contributed by atoms with Crippen LogP contribution in [-0.2, 0) is 11.3 Å². The Morgan fingerprint density at radius 1 is 1.29 bits per heavy atom. The van der Waals surface area contributed by atoms with Gasteiger partial charge in [-0.15, -0.1) is 0 Å². The number of benzene rings is 1. The van der Waals surface area contributed by atoms with Gasteiger partial charge in [0.25, 0.3) is 5.91 Å². The minimum absolute atomic E-state index is 0.0899. The molecule has 0 saturated carbocycles. The van der Waals surface area contributed by atoms with E-state index in [-0.39, 0.29) is 17.6 Å². The molecule has 1 amide bonds. The van der Waals surface area contributed by atoms with Crippen LogP contribution < -0.4 is 15.4 Å². The topological polar surface area (TPSA) is 63.5 Å². The van der Waals surface area contributed by atoms with Crippen molar-refractivity contribution in [1.29, 1.82) is 0 Å². The molecule has 0 atom stereocenters. The Balaban J connectivity index is 1.71. The van der Waals surface area contributed by atoms with Crippen molar-refractivity contribution >= 4 is 23.2 Å². The van der Waals surface area contributed by atoms with Gasteiger partial charge in [-0.2, -0.15) is 0 Å². The Morgan fingerprint density at radius 3 is 2.81 bits per heavy atom. The largest absolute Gasteiger partial charge is 0.483 e. The van der Waals surface area contributed by atoms with Gasteiger partial charge in [-0.25, -0.2) is 0 Å². The number of amides is 1. The minimum atomic E-state index is -0.310. The summed E-state index contributed by atoms with van der Waals surface area (Å²) >= 11 is 5.02. The number of ether oxygens (including phenoxy) is 1. The summed E-state index contributed by atoms with van der Waals surface area (Å²) in [5.41, 5.74) is 0.976. The Labute approximate surface area is 128 Å². The first-order valence-electron chi connectivity index (χ1n) is 6.43. The molecule has 21 heavy (non-hydrogen) atoms. The second-order valence-corrected chi connectivity index (χ2v) is 4.77. The van der Waals surface area contributed by atoms with E-state index in [1.54, 1.807) is 12.3 Å². The Bertz CT molecular complexity index is 611. The fourth-order valence-electron chi connectivity index (χ4n) is 1.65. The van der Waals surface area contributed by atoms with Crippen molar-refractivity contribution in [2.75, 3.05) is 6.61 Å². The number of aryl methyl sites for hydroxylation is 1. The second kappa shape index (κ2) is 7.44. The van der Waals surface area contributed by atoms with E-state index in [0.29, 0.717) is 12.3 Å². The molecular weight excluding hydrogens is 288 g/mol. The van der Waals surface area contributed by atoms with E-state index in [1.807, 2.05) is 37.3 Å². The first-order valence-corrected chi connectivity index (χ1v) is 6.84. The fraction of sp³-hybridized carbons (Fsp3) is 0.200. The maximum absolute atomic E-state index is 11.7. The van der Waals surface area contributed by atoms with E-state index in [0.717, 1.165) is 11.3 Å². The van der Waals surface area contributed by atoms with Gasteiger partial charge in [-0.05, 0) is 42.9 Å². The summed E-state index contributed by atoms with van der Waals surface area (Å²) in [5.74, 6) is 1.11. The number of furan rings is 1. The summed E-state index contributed by atoms with van der Waals surface area (Å²) in [7, 11) is 0. The Kier molecular flexibility index (Phi) is 5.34. The number of carbonyl (C=O) groups excluding carboxylic acids is 1. The molecule has 0 fully saturated rings. The van der Waals surface area contributed by atoms with Gasteiger partial charge in [-0.1, -0.05) is 18.2 Å². The summed E-state index contributed by atoms with van der Waals surface area (Å²) < 4.78 is 10.6. The number of para-hydroxylation sites is 1. The lowest BCUT2D eigenvalue weighted by atomic mass is 10.2. The minimum Gasteiger partial charge on any atom is -0.483 e. The fourth-order valence-corrected chi connectivity index (χ4v) is 1.84. The summed E-state index contributed by atoms with van der Waals surface area (Å²) in [5, 5.41) is 5.66. The zero-order valence-corrected chi connectivity index (χ0v) is 12.4. The summed E-state index contributed by atoms with van der Waals surface area (Å²) in [4.78, 5) is 11.7. The van der Waals surface area contributed by atoms with Gasteiger partial charge in [-0.3, -0.25) is 4.79 Å². The van der Waals surface area contributed by atoms with E-state index >= 15 is 0 Å². The standard InChI is InChI=1S/C15H16N2O3S/c1-11-5-2-3-7-13(11)20-10-14(18)17-15(21)16-9-12-6-4-8-19-12/h2-8H,9-10H2,1H3,(H2,16,17,18,21). The quantitative estimate of drug-likeness (QED) is 0.829. The van der Waals surface area contributed by atoms with E-state index in [4.69, 9.17) is 21.4 Å². The Hall–Kier alpha value is -2.34. The molecule has 5 nitrogen and oxygen atoms in total. The van der Waals surface area contributed by atoms with Crippen molar-refractivity contribution in [3.8, 4) is 5.75 Å². The molecular formula is C15H16N2O3S. The van der Waals surface area contributed by atoms with Crippen molar-refractivity contribution in [3.63, 3.8) is 0 Å². The van der Waals surface area contributed by atoms with Crippen molar-refractivity contribution in [3.05, 3.63) is 54.0 Å². The third kappa shape index (κ3) is 4.92.